The molecule has 0 fully saturated rings. The van der Waals surface area contributed by atoms with Gasteiger partial charge in [-0.1, -0.05) is 44.2 Å². The van der Waals surface area contributed by atoms with Crippen LogP contribution in [0.5, 0.6) is 0 Å². The predicted octanol–water partition coefficient (Wildman–Crippen LogP) is 3.48. The van der Waals surface area contributed by atoms with Crippen molar-refractivity contribution in [2.24, 2.45) is 0 Å². The molecule has 7 nitrogen and oxygen atoms in total. The molecule has 0 atom stereocenters. The van der Waals surface area contributed by atoms with Crippen LogP contribution in [-0.2, 0) is 12.0 Å². The maximum absolute atomic E-state index is 9.62. The number of nitrogens with two attached hydrogens (primary N) is 1. The van der Waals surface area contributed by atoms with E-state index in [-0.39, 0.29) is 12.0 Å². The first-order valence-corrected chi connectivity index (χ1v) is 9.49. The number of nitrogens with one attached hydrogen (secondary N) is 2. The van der Waals surface area contributed by atoms with Gasteiger partial charge in [0, 0.05) is 22.9 Å². The summed E-state index contributed by atoms with van der Waals surface area (Å²) in [6.45, 7) is 4.97. The third-order valence-corrected chi connectivity index (χ3v) is 5.18. The number of hydrogen-bond donors (Lipinski definition) is 4. The number of aromatic amines is 1. The second-order valence-corrected chi connectivity index (χ2v) is 7.73. The molecule has 148 valence electrons. The molecule has 0 aliphatic carbocycles. The molecule has 4 aromatic rings. The Balaban J connectivity index is 1.50. The minimum atomic E-state index is -0.177. The predicted molar refractivity (Wildman–Crippen MR) is 115 cm³/mol. The number of H-pyrrole nitrogens is 1. The molecule has 0 aliphatic rings. The van der Waals surface area contributed by atoms with Gasteiger partial charge in [-0.2, -0.15) is 5.10 Å². The highest BCUT2D eigenvalue weighted by molar-refractivity contribution is 5.91. The number of fused-ring (bicyclic) bond motifs is 1. The van der Waals surface area contributed by atoms with E-state index in [4.69, 9.17) is 5.73 Å². The van der Waals surface area contributed by atoms with Crippen molar-refractivity contribution in [1.82, 2.24) is 20.4 Å². The molecule has 0 spiro atoms. The lowest BCUT2D eigenvalue weighted by atomic mass is 9.82. The topological polar surface area (TPSA) is 113 Å². The molecule has 2 aromatic heterocycles. The van der Waals surface area contributed by atoms with Gasteiger partial charge in [0.1, 0.15) is 5.82 Å². The molecule has 0 aliphatic heterocycles. The van der Waals surface area contributed by atoms with Crippen molar-refractivity contribution in [2.75, 3.05) is 17.6 Å². The van der Waals surface area contributed by atoms with Crippen LogP contribution in [0.25, 0.3) is 22.2 Å². The highest BCUT2D eigenvalue weighted by Gasteiger charge is 2.23. The lowest BCUT2D eigenvalue weighted by molar-refractivity contribution is 0.278. The van der Waals surface area contributed by atoms with Gasteiger partial charge >= 0.3 is 0 Å². The fourth-order valence-corrected chi connectivity index (χ4v) is 3.50. The maximum Gasteiger partial charge on any atom is 0.153 e. The normalized spacial score (nSPS) is 11.7. The molecule has 0 saturated heterocycles. The molecule has 0 unspecified atom stereocenters. The van der Waals surface area contributed by atoms with Gasteiger partial charge in [0.2, 0.25) is 0 Å². The molecule has 29 heavy (non-hydrogen) atoms. The number of nitrogens with zero attached hydrogens (tertiary/aromatic N) is 3. The number of hydrogen-bond acceptors (Lipinski definition) is 6. The molecular weight excluding hydrogens is 364 g/mol. The van der Waals surface area contributed by atoms with Crippen molar-refractivity contribution < 1.29 is 5.11 Å². The second kappa shape index (κ2) is 7.52. The lowest BCUT2D eigenvalue weighted by Crippen LogP contribution is -2.29. The summed E-state index contributed by atoms with van der Waals surface area (Å²) in [4.78, 5) is 0. The Bertz CT molecular complexity index is 1130. The minimum Gasteiger partial charge on any atom is -0.392 e. The number of anilines is 2. The molecular formula is C22H24N6O. The summed E-state index contributed by atoms with van der Waals surface area (Å²) < 4.78 is 0. The van der Waals surface area contributed by atoms with Crippen molar-refractivity contribution in [2.45, 2.75) is 25.9 Å². The number of aliphatic hydroxyl groups excluding tert-OH is 1. The summed E-state index contributed by atoms with van der Waals surface area (Å²) in [5, 5.41) is 29.4. The zero-order chi connectivity index (χ0) is 20.4. The summed E-state index contributed by atoms with van der Waals surface area (Å²) in [6.07, 6.45) is 0. The molecule has 0 amide bonds. The Kier molecular flexibility index (Phi) is 4.90. The maximum atomic E-state index is 9.62. The number of benzene rings is 2. The van der Waals surface area contributed by atoms with Crippen LogP contribution in [0.3, 0.4) is 0 Å². The quantitative estimate of drug-likeness (QED) is 0.402. The fourth-order valence-electron chi connectivity index (χ4n) is 3.50. The van der Waals surface area contributed by atoms with Gasteiger partial charge in [0.25, 0.3) is 0 Å². The molecule has 0 bridgehead atoms. The standard InChI is InChI=1S/C22H24N6O/c1-22(2,17-6-4-3-5-15(17)12-29)13-24-20-10-9-18(25-27-20)14-7-8-19-16(11-14)21(23)28-26-19/h3-11,29H,12-13H2,1-2H3,(H,24,27)(H3,23,26,28). The highest BCUT2D eigenvalue weighted by Crippen LogP contribution is 2.28. The van der Waals surface area contributed by atoms with Crippen LogP contribution in [0.2, 0.25) is 0 Å². The van der Waals surface area contributed by atoms with Crippen LogP contribution in [0.4, 0.5) is 11.6 Å². The van der Waals surface area contributed by atoms with Gasteiger partial charge in [-0.3, -0.25) is 5.10 Å². The third-order valence-electron chi connectivity index (χ3n) is 5.18. The van der Waals surface area contributed by atoms with Crippen molar-refractivity contribution in [1.29, 1.82) is 0 Å². The van der Waals surface area contributed by atoms with Crippen LogP contribution in [0.1, 0.15) is 25.0 Å². The van der Waals surface area contributed by atoms with E-state index in [1.807, 2.05) is 48.5 Å². The molecule has 5 N–H and O–H groups in total. The zero-order valence-electron chi connectivity index (χ0n) is 16.5. The summed E-state index contributed by atoms with van der Waals surface area (Å²) >= 11 is 0. The summed E-state index contributed by atoms with van der Waals surface area (Å²) in [5.41, 5.74) is 10.4. The Morgan fingerprint density at radius 2 is 1.90 bits per heavy atom. The molecule has 4 rings (SSSR count). The molecule has 0 radical (unpaired) electrons. The van der Waals surface area contributed by atoms with Crippen LogP contribution in [-0.4, -0.2) is 32.0 Å². The van der Waals surface area contributed by atoms with Gasteiger partial charge in [0.05, 0.1) is 17.8 Å². The van der Waals surface area contributed by atoms with Crippen LogP contribution in [0, 0.1) is 0 Å². The Morgan fingerprint density at radius 3 is 2.66 bits per heavy atom. The first-order chi connectivity index (χ1) is 14.0. The van der Waals surface area contributed by atoms with Crippen molar-refractivity contribution >= 4 is 22.5 Å². The summed E-state index contributed by atoms with van der Waals surface area (Å²) in [7, 11) is 0. The smallest absolute Gasteiger partial charge is 0.153 e. The number of aliphatic hydroxyl groups is 1. The van der Waals surface area contributed by atoms with E-state index >= 15 is 0 Å². The summed E-state index contributed by atoms with van der Waals surface area (Å²) in [5.74, 6) is 1.17. The first kappa shape index (κ1) is 18.9. The van der Waals surface area contributed by atoms with Crippen molar-refractivity contribution in [3.05, 3.63) is 65.7 Å². The van der Waals surface area contributed by atoms with E-state index in [1.165, 1.54) is 0 Å². The highest BCUT2D eigenvalue weighted by atomic mass is 16.3. The fraction of sp³-hybridized carbons (Fsp3) is 0.227. The molecule has 0 saturated carbocycles. The Hall–Kier alpha value is -3.45. The van der Waals surface area contributed by atoms with Crippen LogP contribution >= 0.6 is 0 Å². The zero-order valence-corrected chi connectivity index (χ0v) is 16.5. The average molecular weight is 388 g/mol. The lowest BCUT2D eigenvalue weighted by Gasteiger charge is -2.28. The van der Waals surface area contributed by atoms with E-state index in [0.717, 1.165) is 33.3 Å². The minimum absolute atomic E-state index is 0.0274. The van der Waals surface area contributed by atoms with E-state index in [0.29, 0.717) is 18.2 Å². The van der Waals surface area contributed by atoms with Gasteiger partial charge in [-0.05, 0) is 35.4 Å². The Labute approximate surface area is 169 Å². The van der Waals surface area contributed by atoms with Crippen LogP contribution < -0.4 is 11.1 Å². The van der Waals surface area contributed by atoms with Crippen molar-refractivity contribution in [3.8, 4) is 11.3 Å². The molecule has 2 heterocycles. The second-order valence-electron chi connectivity index (χ2n) is 7.73. The van der Waals surface area contributed by atoms with E-state index in [2.05, 4.69) is 45.6 Å². The van der Waals surface area contributed by atoms with Gasteiger partial charge in [0.15, 0.2) is 5.82 Å². The van der Waals surface area contributed by atoms with E-state index in [1.54, 1.807) is 0 Å². The van der Waals surface area contributed by atoms with E-state index < -0.39 is 0 Å². The van der Waals surface area contributed by atoms with Gasteiger partial charge in [-0.25, -0.2) is 0 Å². The van der Waals surface area contributed by atoms with Gasteiger partial charge in [-0.15, -0.1) is 10.2 Å². The number of aromatic nitrogens is 4. The average Bonchev–Trinajstić information content (AvgIpc) is 3.13. The third kappa shape index (κ3) is 3.77. The van der Waals surface area contributed by atoms with E-state index in [9.17, 15) is 5.11 Å². The number of rotatable bonds is 6. The largest absolute Gasteiger partial charge is 0.392 e. The Morgan fingerprint density at radius 1 is 1.07 bits per heavy atom. The number of nitrogen functional groups attached to an aromatic ring is 1. The SMILES string of the molecule is CC(C)(CNc1ccc(-c2ccc3[nH]nc(N)c3c2)nn1)c1ccccc1CO. The summed E-state index contributed by atoms with van der Waals surface area (Å²) in [6, 6.07) is 17.6. The molecule has 2 aromatic carbocycles. The van der Waals surface area contributed by atoms with Crippen LogP contribution in [0.15, 0.2) is 54.6 Å². The van der Waals surface area contributed by atoms with Gasteiger partial charge < -0.3 is 16.2 Å². The van der Waals surface area contributed by atoms with Crippen molar-refractivity contribution in [3.63, 3.8) is 0 Å². The monoisotopic (exact) mass is 388 g/mol. The molecule has 7 heteroatoms. The first-order valence-electron chi connectivity index (χ1n) is 9.49.